The van der Waals surface area contributed by atoms with Crippen molar-refractivity contribution in [3.8, 4) is 0 Å². The minimum Gasteiger partial charge on any atom is -0.339 e. The highest BCUT2D eigenvalue weighted by molar-refractivity contribution is 7.90. The lowest BCUT2D eigenvalue weighted by atomic mass is 9.97. The van der Waals surface area contributed by atoms with Crippen molar-refractivity contribution in [2.45, 2.75) is 37.0 Å². The molecule has 2 aromatic rings. The minimum absolute atomic E-state index is 0.0112. The average molecular weight is 281 g/mol. The summed E-state index contributed by atoms with van der Waals surface area (Å²) in [5.74, 6) is 0.248. The van der Waals surface area contributed by atoms with Crippen LogP contribution in [0.1, 0.15) is 32.5 Å². The quantitative estimate of drug-likeness (QED) is 0.851. The molecule has 0 aliphatic heterocycles. The Kier molecular flexibility index (Phi) is 3.40. The van der Waals surface area contributed by atoms with Gasteiger partial charge in [-0.15, -0.1) is 0 Å². The fourth-order valence-corrected chi connectivity index (χ4v) is 2.50. The molecule has 0 spiro atoms. The van der Waals surface area contributed by atoms with Crippen molar-refractivity contribution in [3.05, 3.63) is 36.1 Å². The van der Waals surface area contributed by atoms with E-state index >= 15 is 0 Å². The van der Waals surface area contributed by atoms with Crippen LogP contribution in [0.3, 0.4) is 0 Å². The molecule has 2 aromatic heterocycles. The molecular formula is C12H15N3O3S. The highest BCUT2D eigenvalue weighted by Gasteiger charge is 2.25. The van der Waals surface area contributed by atoms with Crippen molar-refractivity contribution in [2.75, 3.05) is 0 Å². The van der Waals surface area contributed by atoms with Gasteiger partial charge in [-0.3, -0.25) is 0 Å². The van der Waals surface area contributed by atoms with Gasteiger partial charge >= 0.3 is 0 Å². The summed E-state index contributed by atoms with van der Waals surface area (Å²) in [6.45, 7) is 5.74. The standard InChI is InChI=1S/C12H15N3O3S/c1-12(2,3)11-14-9(15-18-11)8-19(16,17)10-6-4-5-7-13-10/h4-7H,8H2,1-3H3. The number of nitrogens with zero attached hydrogens (tertiary/aromatic N) is 3. The fraction of sp³-hybridized carbons (Fsp3) is 0.417. The van der Waals surface area contributed by atoms with Crippen molar-refractivity contribution >= 4 is 9.84 Å². The van der Waals surface area contributed by atoms with Gasteiger partial charge in [-0.25, -0.2) is 13.4 Å². The highest BCUT2D eigenvalue weighted by Crippen LogP contribution is 2.21. The Morgan fingerprint density at radius 3 is 2.53 bits per heavy atom. The molecule has 0 amide bonds. The maximum absolute atomic E-state index is 12.1. The molecule has 0 N–H and O–H groups in total. The SMILES string of the molecule is CC(C)(C)c1nc(CS(=O)(=O)c2ccccn2)no1. The molecule has 0 saturated carbocycles. The van der Waals surface area contributed by atoms with E-state index in [4.69, 9.17) is 4.52 Å². The van der Waals surface area contributed by atoms with E-state index in [2.05, 4.69) is 15.1 Å². The third kappa shape index (κ3) is 3.17. The second kappa shape index (κ2) is 4.73. The van der Waals surface area contributed by atoms with E-state index in [-0.39, 0.29) is 22.0 Å². The maximum Gasteiger partial charge on any atom is 0.232 e. The van der Waals surface area contributed by atoms with Gasteiger partial charge in [-0.2, -0.15) is 4.98 Å². The Morgan fingerprint density at radius 2 is 2.00 bits per heavy atom. The van der Waals surface area contributed by atoms with Gasteiger partial charge in [-0.1, -0.05) is 32.0 Å². The van der Waals surface area contributed by atoms with E-state index in [1.807, 2.05) is 20.8 Å². The van der Waals surface area contributed by atoms with Crippen molar-refractivity contribution in [2.24, 2.45) is 0 Å². The summed E-state index contributed by atoms with van der Waals surface area (Å²) in [5, 5.41) is 3.71. The molecule has 2 rings (SSSR count). The van der Waals surface area contributed by atoms with Crippen LogP contribution in [0.25, 0.3) is 0 Å². The second-order valence-electron chi connectivity index (χ2n) is 5.19. The third-order valence-corrected chi connectivity index (χ3v) is 3.90. The van der Waals surface area contributed by atoms with Gasteiger partial charge in [0, 0.05) is 11.6 Å². The van der Waals surface area contributed by atoms with Crippen molar-refractivity contribution in [3.63, 3.8) is 0 Å². The van der Waals surface area contributed by atoms with Gasteiger partial charge in [0.15, 0.2) is 10.9 Å². The fourth-order valence-electron chi connectivity index (χ4n) is 1.39. The molecular weight excluding hydrogens is 266 g/mol. The number of sulfone groups is 1. The summed E-state index contributed by atoms with van der Waals surface area (Å²) in [5.41, 5.74) is -0.306. The van der Waals surface area contributed by atoms with Crippen LogP contribution in [-0.2, 0) is 21.0 Å². The Hall–Kier alpha value is -1.76. The topological polar surface area (TPSA) is 86.0 Å². The number of pyridine rings is 1. The molecule has 0 aliphatic carbocycles. The summed E-state index contributed by atoms with van der Waals surface area (Å²) in [6.07, 6.45) is 1.43. The predicted molar refractivity (Wildman–Crippen MR) is 68.1 cm³/mol. The van der Waals surface area contributed by atoms with Gasteiger partial charge in [-0.05, 0) is 12.1 Å². The van der Waals surface area contributed by atoms with Crippen LogP contribution in [-0.4, -0.2) is 23.5 Å². The van der Waals surface area contributed by atoms with Crippen LogP contribution in [0.15, 0.2) is 33.9 Å². The zero-order valence-electron chi connectivity index (χ0n) is 11.0. The Bertz CT molecular complexity index is 657. The van der Waals surface area contributed by atoms with Gasteiger partial charge in [0.1, 0.15) is 5.75 Å². The first-order chi connectivity index (χ1) is 8.79. The smallest absolute Gasteiger partial charge is 0.232 e. The summed E-state index contributed by atoms with van der Waals surface area (Å²) in [4.78, 5) is 7.94. The lowest BCUT2D eigenvalue weighted by Crippen LogP contribution is -2.12. The zero-order valence-corrected chi connectivity index (χ0v) is 11.8. The van der Waals surface area contributed by atoms with Crippen molar-refractivity contribution < 1.29 is 12.9 Å². The first-order valence-electron chi connectivity index (χ1n) is 5.76. The number of hydrogen-bond acceptors (Lipinski definition) is 6. The molecule has 0 radical (unpaired) electrons. The molecule has 0 aromatic carbocycles. The van der Waals surface area contributed by atoms with Crippen LogP contribution < -0.4 is 0 Å². The highest BCUT2D eigenvalue weighted by atomic mass is 32.2. The number of aromatic nitrogens is 3. The Morgan fingerprint density at radius 1 is 1.26 bits per heavy atom. The molecule has 102 valence electrons. The summed E-state index contributed by atoms with van der Waals surface area (Å²) < 4.78 is 29.2. The van der Waals surface area contributed by atoms with E-state index in [9.17, 15) is 8.42 Å². The molecule has 0 atom stereocenters. The van der Waals surface area contributed by atoms with Crippen molar-refractivity contribution in [1.82, 2.24) is 15.1 Å². The second-order valence-corrected chi connectivity index (χ2v) is 7.13. The van der Waals surface area contributed by atoms with Gasteiger partial charge in [0.05, 0.1) is 0 Å². The first-order valence-corrected chi connectivity index (χ1v) is 7.41. The Balaban J connectivity index is 2.25. The van der Waals surface area contributed by atoms with Crippen LogP contribution in [0.4, 0.5) is 0 Å². The normalized spacial score (nSPS) is 12.6. The molecule has 0 bridgehead atoms. The van der Waals surface area contributed by atoms with E-state index in [1.54, 1.807) is 12.1 Å². The molecule has 6 nitrogen and oxygen atoms in total. The van der Waals surface area contributed by atoms with Crippen molar-refractivity contribution in [1.29, 1.82) is 0 Å². The average Bonchev–Trinajstić information content (AvgIpc) is 2.78. The molecule has 0 aliphatic rings. The maximum atomic E-state index is 12.1. The monoisotopic (exact) mass is 281 g/mol. The van der Waals surface area contributed by atoms with Gasteiger partial charge < -0.3 is 4.52 Å². The lowest BCUT2D eigenvalue weighted by molar-refractivity contribution is 0.319. The van der Waals surface area contributed by atoms with E-state index in [0.29, 0.717) is 5.89 Å². The van der Waals surface area contributed by atoms with E-state index in [0.717, 1.165) is 0 Å². The predicted octanol–water partition coefficient (Wildman–Crippen LogP) is 1.74. The summed E-state index contributed by atoms with van der Waals surface area (Å²) in [6, 6.07) is 4.72. The Labute approximate surface area is 111 Å². The van der Waals surface area contributed by atoms with Crippen LogP contribution in [0, 0.1) is 0 Å². The summed E-state index contributed by atoms with van der Waals surface area (Å²) >= 11 is 0. The molecule has 7 heteroatoms. The molecule has 19 heavy (non-hydrogen) atoms. The zero-order chi connectivity index (χ0) is 14.1. The van der Waals surface area contributed by atoms with E-state index < -0.39 is 9.84 Å². The van der Waals surface area contributed by atoms with Crippen LogP contribution in [0.5, 0.6) is 0 Å². The molecule has 0 unspecified atom stereocenters. The van der Waals surface area contributed by atoms with E-state index in [1.165, 1.54) is 12.3 Å². The number of rotatable bonds is 3. The van der Waals surface area contributed by atoms with Gasteiger partial charge in [0.25, 0.3) is 0 Å². The third-order valence-electron chi connectivity index (χ3n) is 2.39. The summed E-state index contributed by atoms with van der Waals surface area (Å²) in [7, 11) is -3.54. The number of hydrogen-bond donors (Lipinski definition) is 0. The first kappa shape index (κ1) is 13.7. The molecule has 0 saturated heterocycles. The molecule has 0 fully saturated rings. The minimum atomic E-state index is -3.54. The van der Waals surface area contributed by atoms with Crippen LogP contribution >= 0.6 is 0 Å². The van der Waals surface area contributed by atoms with Crippen LogP contribution in [0.2, 0.25) is 0 Å². The largest absolute Gasteiger partial charge is 0.339 e. The molecule has 2 heterocycles. The van der Waals surface area contributed by atoms with Gasteiger partial charge in [0.2, 0.25) is 15.7 Å². The lowest BCUT2D eigenvalue weighted by Gasteiger charge is -2.10.